The van der Waals surface area contributed by atoms with Crippen molar-refractivity contribution in [3.8, 4) is 11.8 Å². The molecule has 2 N–H and O–H groups in total. The number of halogens is 2. The van der Waals surface area contributed by atoms with Crippen molar-refractivity contribution in [3.63, 3.8) is 0 Å². The Labute approximate surface area is 77.4 Å². The second-order valence-corrected chi connectivity index (χ2v) is 2.55. The Hall–Kier alpha value is -1.90. The molecule has 0 aliphatic carbocycles. The molecule has 1 rings (SSSR count). The normalized spacial score (nSPS) is 10.1. The summed E-state index contributed by atoms with van der Waals surface area (Å²) < 4.78 is 24.3. The van der Waals surface area contributed by atoms with E-state index in [0.717, 1.165) is 0 Å². The molecule has 14 heavy (non-hydrogen) atoms. The summed E-state index contributed by atoms with van der Waals surface area (Å²) in [6.07, 6.45) is -3.18. The van der Waals surface area contributed by atoms with Crippen LogP contribution in [0.25, 0.3) is 0 Å². The maximum atomic E-state index is 12.1. The molecule has 0 aliphatic rings. The first-order chi connectivity index (χ1) is 6.56. The lowest BCUT2D eigenvalue weighted by Crippen LogP contribution is -2.14. The van der Waals surface area contributed by atoms with Gasteiger partial charge in [0.05, 0.1) is 23.7 Å². The third kappa shape index (κ3) is 1.88. The Bertz CT molecular complexity index is 434. The van der Waals surface area contributed by atoms with E-state index in [1.807, 2.05) is 4.98 Å². The molecule has 6 heteroatoms. The Morgan fingerprint density at radius 2 is 2.29 bits per heavy atom. The highest BCUT2D eigenvalue weighted by atomic mass is 19.3. The third-order valence-electron chi connectivity index (χ3n) is 1.62. The van der Waals surface area contributed by atoms with Gasteiger partial charge < -0.3 is 10.1 Å². The summed E-state index contributed by atoms with van der Waals surface area (Å²) in [6.45, 7) is 0. The Balaban J connectivity index is 3.26. The number of pyridine rings is 1. The summed E-state index contributed by atoms with van der Waals surface area (Å²) in [5.41, 5.74) is -1.84. The number of nitriles is 1. The van der Waals surface area contributed by atoms with Crippen molar-refractivity contribution in [2.75, 3.05) is 0 Å². The van der Waals surface area contributed by atoms with Gasteiger partial charge in [0, 0.05) is 0 Å². The number of H-pyrrole nitrogens is 1. The summed E-state index contributed by atoms with van der Waals surface area (Å²) >= 11 is 0. The van der Waals surface area contributed by atoms with Gasteiger partial charge in [0.1, 0.15) is 5.75 Å². The molecule has 0 atom stereocenters. The van der Waals surface area contributed by atoms with Gasteiger partial charge in [-0.3, -0.25) is 4.79 Å². The van der Waals surface area contributed by atoms with Gasteiger partial charge in [-0.15, -0.1) is 0 Å². The SMILES string of the molecule is N#CCc1[nH]c(=O)c(C(F)F)cc1O. The molecule has 0 unspecified atom stereocenters. The first-order valence-corrected chi connectivity index (χ1v) is 3.66. The summed E-state index contributed by atoms with van der Waals surface area (Å²) in [5, 5.41) is 17.4. The second kappa shape index (κ2) is 3.87. The van der Waals surface area contributed by atoms with Gasteiger partial charge in [0.15, 0.2) is 0 Å². The second-order valence-electron chi connectivity index (χ2n) is 2.55. The van der Waals surface area contributed by atoms with Crippen LogP contribution in [0.4, 0.5) is 8.78 Å². The van der Waals surface area contributed by atoms with E-state index < -0.39 is 23.3 Å². The van der Waals surface area contributed by atoms with E-state index in [9.17, 15) is 13.6 Å². The number of hydrogen-bond donors (Lipinski definition) is 2. The van der Waals surface area contributed by atoms with Crippen LogP contribution in [0.5, 0.6) is 5.75 Å². The number of hydrogen-bond acceptors (Lipinski definition) is 3. The zero-order valence-corrected chi connectivity index (χ0v) is 6.92. The highest BCUT2D eigenvalue weighted by molar-refractivity contribution is 5.32. The summed E-state index contributed by atoms with van der Waals surface area (Å²) in [4.78, 5) is 13.0. The van der Waals surface area contributed by atoms with E-state index in [4.69, 9.17) is 10.4 Å². The number of nitrogens with zero attached hydrogens (tertiary/aromatic N) is 1. The number of aromatic amines is 1. The zero-order chi connectivity index (χ0) is 10.7. The molecule has 0 saturated carbocycles. The molecular formula is C8H6F2N2O2. The molecule has 0 aromatic carbocycles. The van der Waals surface area contributed by atoms with Crippen molar-refractivity contribution in [1.82, 2.24) is 4.98 Å². The molecule has 1 aromatic heterocycles. The summed E-state index contributed by atoms with van der Waals surface area (Å²) in [7, 11) is 0. The lowest BCUT2D eigenvalue weighted by Gasteiger charge is -2.02. The standard InChI is InChI=1S/C8H6F2N2O2/c9-7(10)4-3-6(13)5(1-2-11)12-8(4)14/h3,7,13H,1H2,(H,12,14). The third-order valence-corrected chi connectivity index (χ3v) is 1.62. The van der Waals surface area contributed by atoms with Crippen LogP contribution in [-0.2, 0) is 6.42 Å². The van der Waals surface area contributed by atoms with Crippen LogP contribution < -0.4 is 5.56 Å². The molecule has 0 saturated heterocycles. The molecule has 0 fully saturated rings. The predicted octanol–water partition coefficient (Wildman–Crippen LogP) is 1.08. The van der Waals surface area contributed by atoms with E-state index in [1.54, 1.807) is 6.07 Å². The van der Waals surface area contributed by atoms with Crippen LogP contribution in [-0.4, -0.2) is 10.1 Å². The highest BCUT2D eigenvalue weighted by Gasteiger charge is 2.15. The Morgan fingerprint density at radius 3 is 2.79 bits per heavy atom. The van der Waals surface area contributed by atoms with Crippen molar-refractivity contribution in [3.05, 3.63) is 27.7 Å². The minimum Gasteiger partial charge on any atom is -0.506 e. The topological polar surface area (TPSA) is 76.9 Å². The molecule has 1 aromatic rings. The van der Waals surface area contributed by atoms with Crippen LogP contribution in [0.1, 0.15) is 17.7 Å². The van der Waals surface area contributed by atoms with Crippen molar-refractivity contribution in [2.45, 2.75) is 12.8 Å². The van der Waals surface area contributed by atoms with Gasteiger partial charge in [0.2, 0.25) is 0 Å². The molecule has 1 heterocycles. The maximum absolute atomic E-state index is 12.1. The minimum absolute atomic E-state index is 0.0538. The lowest BCUT2D eigenvalue weighted by atomic mass is 10.2. The van der Waals surface area contributed by atoms with Crippen LogP contribution in [0.15, 0.2) is 10.9 Å². The van der Waals surface area contributed by atoms with E-state index in [2.05, 4.69) is 0 Å². The smallest absolute Gasteiger partial charge is 0.269 e. The van der Waals surface area contributed by atoms with Gasteiger partial charge in [0.25, 0.3) is 12.0 Å². The van der Waals surface area contributed by atoms with Crippen molar-refractivity contribution in [2.24, 2.45) is 0 Å². The van der Waals surface area contributed by atoms with Gasteiger partial charge in [-0.25, -0.2) is 8.78 Å². The minimum atomic E-state index is -2.94. The van der Waals surface area contributed by atoms with Crippen molar-refractivity contribution in [1.29, 1.82) is 5.26 Å². The fourth-order valence-corrected chi connectivity index (χ4v) is 0.949. The fourth-order valence-electron chi connectivity index (χ4n) is 0.949. The van der Waals surface area contributed by atoms with E-state index in [0.29, 0.717) is 6.07 Å². The zero-order valence-electron chi connectivity index (χ0n) is 6.92. The number of nitrogens with one attached hydrogen (secondary N) is 1. The van der Waals surface area contributed by atoms with Gasteiger partial charge in [-0.2, -0.15) is 5.26 Å². The van der Waals surface area contributed by atoms with Gasteiger partial charge in [-0.1, -0.05) is 0 Å². The predicted molar refractivity (Wildman–Crippen MR) is 43.0 cm³/mol. The van der Waals surface area contributed by atoms with E-state index in [-0.39, 0.29) is 12.1 Å². The molecule has 4 nitrogen and oxygen atoms in total. The quantitative estimate of drug-likeness (QED) is 0.749. The molecular weight excluding hydrogens is 194 g/mol. The number of aromatic nitrogens is 1. The van der Waals surface area contributed by atoms with Crippen molar-refractivity contribution >= 4 is 0 Å². The van der Waals surface area contributed by atoms with Crippen LogP contribution >= 0.6 is 0 Å². The Kier molecular flexibility index (Phi) is 2.82. The molecule has 0 amide bonds. The molecule has 0 spiro atoms. The van der Waals surface area contributed by atoms with Crippen molar-refractivity contribution < 1.29 is 13.9 Å². The van der Waals surface area contributed by atoms with E-state index >= 15 is 0 Å². The number of aromatic hydroxyl groups is 1. The van der Waals surface area contributed by atoms with Crippen LogP contribution in [0.2, 0.25) is 0 Å². The fraction of sp³-hybridized carbons (Fsp3) is 0.250. The largest absolute Gasteiger partial charge is 0.506 e. The van der Waals surface area contributed by atoms with Crippen LogP contribution in [0, 0.1) is 11.3 Å². The van der Waals surface area contributed by atoms with E-state index in [1.165, 1.54) is 0 Å². The highest BCUT2D eigenvalue weighted by Crippen LogP contribution is 2.20. The van der Waals surface area contributed by atoms with Gasteiger partial charge >= 0.3 is 0 Å². The van der Waals surface area contributed by atoms with Crippen LogP contribution in [0.3, 0.4) is 0 Å². The molecule has 74 valence electrons. The summed E-state index contributed by atoms with van der Waals surface area (Å²) in [5.74, 6) is -0.499. The molecule has 0 radical (unpaired) electrons. The molecule has 0 bridgehead atoms. The average molecular weight is 200 g/mol. The first-order valence-electron chi connectivity index (χ1n) is 3.66. The Morgan fingerprint density at radius 1 is 1.64 bits per heavy atom. The number of rotatable bonds is 2. The first kappa shape index (κ1) is 10.2. The maximum Gasteiger partial charge on any atom is 0.269 e. The summed E-state index contributed by atoms with van der Waals surface area (Å²) in [6, 6.07) is 2.36. The number of alkyl halides is 2. The average Bonchev–Trinajstić information content (AvgIpc) is 2.10. The van der Waals surface area contributed by atoms with Gasteiger partial charge in [-0.05, 0) is 6.07 Å². The lowest BCUT2D eigenvalue weighted by molar-refractivity contribution is 0.149. The monoisotopic (exact) mass is 200 g/mol. The molecule has 0 aliphatic heterocycles.